The number of benzene rings is 1. The Morgan fingerprint density at radius 3 is 2.83 bits per heavy atom. The van der Waals surface area contributed by atoms with Crippen LogP contribution in [-0.2, 0) is 11.8 Å². The number of carbonyl (C=O) groups excluding carboxylic acids is 1. The summed E-state index contributed by atoms with van der Waals surface area (Å²) in [5, 5.41) is 28.4. The second kappa shape index (κ2) is 5.09. The number of hydrogen-bond acceptors (Lipinski definition) is 6. The normalized spacial score (nSPS) is 10.5. The van der Waals surface area contributed by atoms with Crippen molar-refractivity contribution < 1.29 is 15.0 Å². The monoisotopic (exact) mass is 264 g/mol. The molecule has 1 aromatic carbocycles. The lowest BCUT2D eigenvalue weighted by atomic mass is 10.2. The number of phenolic OH excluding ortho intramolecular Hbond substituents is 1. The van der Waals surface area contributed by atoms with Crippen molar-refractivity contribution in [2.24, 2.45) is 7.05 Å². The highest BCUT2D eigenvalue weighted by Gasteiger charge is 2.13. The van der Waals surface area contributed by atoms with Crippen LogP contribution >= 0.6 is 11.8 Å². The zero-order valence-corrected chi connectivity index (χ0v) is 10.3. The van der Waals surface area contributed by atoms with E-state index in [0.717, 1.165) is 11.8 Å². The van der Waals surface area contributed by atoms with E-state index in [-0.39, 0.29) is 11.5 Å². The smallest absolute Gasteiger partial charge is 0.191 e. The van der Waals surface area contributed by atoms with Gasteiger partial charge in [-0.2, -0.15) is 0 Å². The van der Waals surface area contributed by atoms with Gasteiger partial charge in [-0.05, 0) is 12.1 Å². The number of aromatic hydroxyl groups is 1. The number of para-hydroxylation sites is 1. The summed E-state index contributed by atoms with van der Waals surface area (Å²) in [4.78, 5) is 10.4. The van der Waals surface area contributed by atoms with Crippen molar-refractivity contribution >= 4 is 17.7 Å². The predicted molar refractivity (Wildman–Crippen MR) is 63.8 cm³/mol. The summed E-state index contributed by atoms with van der Waals surface area (Å²) in [6.45, 7) is 0. The van der Waals surface area contributed by atoms with Gasteiger partial charge < -0.3 is 19.6 Å². The minimum absolute atomic E-state index is 0.101. The topological polar surface area (TPSA) is 91.1 Å². The molecule has 0 saturated carbocycles. The number of carboxylic acid groups (broad SMARTS) is 1. The van der Waals surface area contributed by atoms with Crippen molar-refractivity contribution in [1.29, 1.82) is 0 Å². The van der Waals surface area contributed by atoms with E-state index in [1.54, 1.807) is 35.9 Å². The average Bonchev–Trinajstić information content (AvgIpc) is 2.69. The number of carbonyl (C=O) groups is 1. The Morgan fingerprint density at radius 2 is 2.17 bits per heavy atom. The van der Waals surface area contributed by atoms with Crippen LogP contribution in [0.4, 0.5) is 0 Å². The maximum atomic E-state index is 10.4. The highest BCUT2D eigenvalue weighted by atomic mass is 32.2. The van der Waals surface area contributed by atoms with Crippen LogP contribution in [-0.4, -0.2) is 31.6 Å². The Balaban J connectivity index is 2.31. The maximum Gasteiger partial charge on any atom is 0.191 e. The first kappa shape index (κ1) is 12.4. The number of nitrogens with zero attached hydrogens (tertiary/aromatic N) is 3. The van der Waals surface area contributed by atoms with Crippen molar-refractivity contribution in [2.75, 3.05) is 5.75 Å². The van der Waals surface area contributed by atoms with Crippen LogP contribution in [0, 0.1) is 0 Å². The highest BCUT2D eigenvalue weighted by molar-refractivity contribution is 7.99. The molecule has 1 heterocycles. The molecule has 0 fully saturated rings. The molecule has 0 saturated heterocycles. The molecule has 1 N–H and O–H groups in total. The quantitative estimate of drug-likeness (QED) is 0.783. The molecule has 2 aromatic rings. The fourth-order valence-electron chi connectivity index (χ4n) is 1.46. The van der Waals surface area contributed by atoms with Crippen LogP contribution in [0.2, 0.25) is 0 Å². The highest BCUT2D eigenvalue weighted by Crippen LogP contribution is 2.28. The molecule has 0 spiro atoms. The van der Waals surface area contributed by atoms with Gasteiger partial charge >= 0.3 is 0 Å². The van der Waals surface area contributed by atoms with E-state index >= 15 is 0 Å². The van der Waals surface area contributed by atoms with Crippen molar-refractivity contribution in [3.8, 4) is 17.1 Å². The van der Waals surface area contributed by atoms with Crippen LogP contribution in [0.1, 0.15) is 0 Å². The van der Waals surface area contributed by atoms with Gasteiger partial charge in [0.2, 0.25) is 0 Å². The Kier molecular flexibility index (Phi) is 3.52. The first-order valence-corrected chi connectivity index (χ1v) is 6.08. The molecular formula is C11H10N3O3S-. The van der Waals surface area contributed by atoms with Gasteiger partial charge in [0.05, 0.1) is 11.5 Å². The van der Waals surface area contributed by atoms with E-state index in [4.69, 9.17) is 0 Å². The molecule has 0 unspecified atom stereocenters. The minimum Gasteiger partial charge on any atom is -0.549 e. The van der Waals surface area contributed by atoms with Gasteiger partial charge in [-0.3, -0.25) is 0 Å². The second-order valence-electron chi connectivity index (χ2n) is 3.54. The van der Waals surface area contributed by atoms with Crippen molar-refractivity contribution in [3.63, 3.8) is 0 Å². The number of thioether (sulfide) groups is 1. The van der Waals surface area contributed by atoms with E-state index in [0.29, 0.717) is 16.5 Å². The summed E-state index contributed by atoms with van der Waals surface area (Å²) in [5.41, 5.74) is 0.549. The van der Waals surface area contributed by atoms with E-state index in [1.807, 2.05) is 0 Å². The van der Waals surface area contributed by atoms with E-state index in [2.05, 4.69) is 10.2 Å². The molecule has 94 valence electrons. The summed E-state index contributed by atoms with van der Waals surface area (Å²) >= 11 is 1.02. The first-order chi connectivity index (χ1) is 8.59. The van der Waals surface area contributed by atoms with Crippen LogP contribution in [0.3, 0.4) is 0 Å². The summed E-state index contributed by atoms with van der Waals surface area (Å²) < 4.78 is 1.63. The lowest BCUT2D eigenvalue weighted by molar-refractivity contribution is -0.301. The molecule has 1 aromatic heterocycles. The fraction of sp³-hybridized carbons (Fsp3) is 0.182. The third-order valence-electron chi connectivity index (χ3n) is 2.30. The molecule has 0 aliphatic carbocycles. The van der Waals surface area contributed by atoms with Crippen LogP contribution < -0.4 is 5.11 Å². The number of phenols is 1. The summed E-state index contributed by atoms with van der Waals surface area (Å²) in [6.07, 6.45) is 0. The lowest BCUT2D eigenvalue weighted by Gasteiger charge is -2.05. The number of aromatic nitrogens is 3. The Morgan fingerprint density at radius 1 is 1.44 bits per heavy atom. The SMILES string of the molecule is Cn1c(SCC(=O)[O-])nnc1-c1ccccc1O. The van der Waals surface area contributed by atoms with Crippen LogP contribution in [0.25, 0.3) is 11.4 Å². The third-order valence-corrected chi connectivity index (χ3v) is 3.29. The molecular weight excluding hydrogens is 254 g/mol. The maximum absolute atomic E-state index is 10.4. The van der Waals surface area contributed by atoms with E-state index in [9.17, 15) is 15.0 Å². The van der Waals surface area contributed by atoms with Gasteiger partial charge in [0.25, 0.3) is 0 Å². The van der Waals surface area contributed by atoms with Crippen molar-refractivity contribution in [3.05, 3.63) is 24.3 Å². The molecule has 0 aliphatic rings. The zero-order valence-electron chi connectivity index (χ0n) is 9.53. The van der Waals surface area contributed by atoms with Crippen molar-refractivity contribution in [2.45, 2.75) is 5.16 Å². The molecule has 2 rings (SSSR count). The Labute approximate surface area is 107 Å². The molecule has 0 radical (unpaired) electrons. The van der Waals surface area contributed by atoms with E-state index in [1.165, 1.54) is 0 Å². The lowest BCUT2D eigenvalue weighted by Crippen LogP contribution is -2.24. The molecule has 0 amide bonds. The largest absolute Gasteiger partial charge is 0.549 e. The standard InChI is InChI=1S/C11H11N3O3S/c1-14-10(7-4-2-3-5-8(7)15)12-13-11(14)18-6-9(16)17/h2-5,15H,6H2,1H3,(H,16,17)/p-1. The molecule has 0 bridgehead atoms. The average molecular weight is 264 g/mol. The Hall–Kier alpha value is -2.02. The fourth-order valence-corrected chi connectivity index (χ4v) is 2.09. The minimum atomic E-state index is -1.16. The second-order valence-corrected chi connectivity index (χ2v) is 4.49. The number of aliphatic carboxylic acids is 1. The van der Waals surface area contributed by atoms with Gasteiger partial charge in [-0.25, -0.2) is 0 Å². The molecule has 6 nitrogen and oxygen atoms in total. The van der Waals surface area contributed by atoms with Gasteiger partial charge in [0.15, 0.2) is 11.0 Å². The molecule has 0 aliphatic heterocycles. The molecule has 0 atom stereocenters. The Bertz CT molecular complexity index is 583. The summed E-state index contributed by atoms with van der Waals surface area (Å²) in [7, 11) is 1.71. The summed E-state index contributed by atoms with van der Waals surface area (Å²) in [6, 6.07) is 6.75. The van der Waals surface area contributed by atoms with Gasteiger partial charge in [0, 0.05) is 12.8 Å². The predicted octanol–water partition coefficient (Wildman–Crippen LogP) is 0.0297. The van der Waals surface area contributed by atoms with Crippen LogP contribution in [0.5, 0.6) is 5.75 Å². The number of hydrogen-bond donors (Lipinski definition) is 1. The zero-order chi connectivity index (χ0) is 13.1. The molecule has 7 heteroatoms. The van der Waals surface area contributed by atoms with Gasteiger partial charge in [0.1, 0.15) is 5.75 Å². The molecule has 18 heavy (non-hydrogen) atoms. The summed E-state index contributed by atoms with van der Waals surface area (Å²) in [5.74, 6) is -0.766. The van der Waals surface area contributed by atoms with E-state index < -0.39 is 5.97 Å². The first-order valence-electron chi connectivity index (χ1n) is 5.10. The van der Waals surface area contributed by atoms with Crippen LogP contribution in [0.15, 0.2) is 29.4 Å². The van der Waals surface area contributed by atoms with Gasteiger partial charge in [-0.15, -0.1) is 10.2 Å². The number of rotatable bonds is 4. The van der Waals surface area contributed by atoms with Crippen molar-refractivity contribution in [1.82, 2.24) is 14.8 Å². The number of carboxylic acids is 1. The van der Waals surface area contributed by atoms with Gasteiger partial charge in [-0.1, -0.05) is 23.9 Å². The third kappa shape index (κ3) is 2.45.